The lowest BCUT2D eigenvalue weighted by atomic mass is 9.33. The van der Waals surface area contributed by atoms with Gasteiger partial charge in [0.15, 0.2) is 16.7 Å². The van der Waals surface area contributed by atoms with E-state index in [1.165, 1.54) is 49.8 Å². The molecule has 0 unspecified atom stereocenters. The zero-order chi connectivity index (χ0) is 35.7. The summed E-state index contributed by atoms with van der Waals surface area (Å²) in [5.41, 5.74) is 18.6. The SMILES string of the molecule is Cc1cc(-c2nc3ccccc3o2)cc(C)c1B(c1c(C)cc(-c2nc3ccccc3o2)cc1C)c1c(C)cc(-c2nc3ccccc3o2)cc1C. The Kier molecular flexibility index (Phi) is 7.47. The van der Waals surface area contributed by atoms with Gasteiger partial charge in [-0.15, -0.1) is 0 Å². The van der Waals surface area contributed by atoms with Crippen LogP contribution in [0.15, 0.2) is 122 Å². The molecule has 3 heterocycles. The minimum absolute atomic E-state index is 0.0620. The number of benzene rings is 6. The Labute approximate surface area is 302 Å². The third-order valence-corrected chi connectivity index (χ3v) is 10.3. The molecule has 0 bridgehead atoms. The van der Waals surface area contributed by atoms with Crippen molar-refractivity contribution in [3.63, 3.8) is 0 Å². The van der Waals surface area contributed by atoms with Gasteiger partial charge in [0.1, 0.15) is 16.6 Å². The largest absolute Gasteiger partial charge is 0.436 e. The van der Waals surface area contributed by atoms with Crippen LogP contribution in [0.25, 0.3) is 67.7 Å². The van der Waals surface area contributed by atoms with E-state index in [4.69, 9.17) is 28.2 Å². The molecule has 0 amide bonds. The fourth-order valence-corrected chi connectivity index (χ4v) is 8.08. The smallest absolute Gasteiger partial charge is 0.243 e. The van der Waals surface area contributed by atoms with E-state index >= 15 is 0 Å². The molecule has 0 saturated carbocycles. The van der Waals surface area contributed by atoms with Gasteiger partial charge in [0.25, 0.3) is 0 Å². The Balaban J connectivity index is 1.23. The highest BCUT2D eigenvalue weighted by Crippen LogP contribution is 2.30. The third kappa shape index (κ3) is 5.32. The van der Waals surface area contributed by atoms with Crippen molar-refractivity contribution in [1.82, 2.24) is 15.0 Å². The van der Waals surface area contributed by atoms with E-state index < -0.39 is 0 Å². The molecule has 0 fully saturated rings. The first-order valence-corrected chi connectivity index (χ1v) is 17.6. The van der Waals surface area contributed by atoms with Gasteiger partial charge in [-0.05, 0) is 114 Å². The van der Waals surface area contributed by atoms with E-state index in [9.17, 15) is 0 Å². The van der Waals surface area contributed by atoms with Gasteiger partial charge in [-0.1, -0.05) is 86.2 Å². The lowest BCUT2D eigenvalue weighted by Crippen LogP contribution is -2.57. The fraction of sp³-hybridized carbons (Fsp3) is 0.133. The van der Waals surface area contributed by atoms with Gasteiger partial charge < -0.3 is 13.3 Å². The predicted octanol–water partition coefficient (Wildman–Crippen LogP) is 9.48. The molecule has 252 valence electrons. The number of nitrogens with zero attached hydrogens (tertiary/aromatic N) is 3. The van der Waals surface area contributed by atoms with Crippen LogP contribution in [0.2, 0.25) is 0 Å². The van der Waals surface area contributed by atoms with Crippen molar-refractivity contribution < 1.29 is 13.3 Å². The van der Waals surface area contributed by atoms with Crippen LogP contribution in [-0.2, 0) is 0 Å². The van der Waals surface area contributed by atoms with E-state index in [-0.39, 0.29) is 6.71 Å². The van der Waals surface area contributed by atoms with Crippen molar-refractivity contribution in [1.29, 1.82) is 0 Å². The molecule has 0 saturated heterocycles. The second-order valence-electron chi connectivity index (χ2n) is 14.0. The van der Waals surface area contributed by atoms with Gasteiger partial charge in [-0.2, -0.15) is 0 Å². The first kappa shape index (κ1) is 31.8. The molecule has 0 atom stereocenters. The highest BCUT2D eigenvalue weighted by molar-refractivity contribution is 6.97. The van der Waals surface area contributed by atoms with Crippen molar-refractivity contribution in [3.05, 3.63) is 143 Å². The minimum atomic E-state index is -0.0620. The van der Waals surface area contributed by atoms with Crippen molar-refractivity contribution in [2.24, 2.45) is 0 Å². The van der Waals surface area contributed by atoms with Crippen LogP contribution in [0.3, 0.4) is 0 Å². The average Bonchev–Trinajstić information content (AvgIpc) is 3.87. The Hall–Kier alpha value is -6.21. The molecule has 0 N–H and O–H groups in total. The molecular weight excluding hydrogens is 641 g/mol. The predicted molar refractivity (Wildman–Crippen MR) is 211 cm³/mol. The molecular formula is C45H36BN3O3. The molecule has 0 aliphatic rings. The highest BCUT2D eigenvalue weighted by atomic mass is 16.4. The van der Waals surface area contributed by atoms with E-state index in [0.29, 0.717) is 17.7 Å². The number of aryl methyl sites for hydroxylation is 6. The molecule has 6 nitrogen and oxygen atoms in total. The Morgan fingerprint density at radius 2 is 0.615 bits per heavy atom. The number of aromatic nitrogens is 3. The van der Waals surface area contributed by atoms with Crippen molar-refractivity contribution in [2.75, 3.05) is 0 Å². The summed E-state index contributed by atoms with van der Waals surface area (Å²) in [5.74, 6) is 1.88. The van der Waals surface area contributed by atoms with Crippen LogP contribution in [0, 0.1) is 41.5 Å². The van der Waals surface area contributed by atoms with Crippen molar-refractivity contribution in [3.8, 4) is 34.4 Å². The van der Waals surface area contributed by atoms with Crippen LogP contribution >= 0.6 is 0 Å². The fourth-order valence-electron chi connectivity index (χ4n) is 8.08. The second-order valence-corrected chi connectivity index (χ2v) is 14.0. The summed E-state index contributed by atoms with van der Waals surface area (Å²) in [4.78, 5) is 14.5. The van der Waals surface area contributed by atoms with E-state index in [1.54, 1.807) is 0 Å². The van der Waals surface area contributed by atoms with Gasteiger partial charge in [0.05, 0.1) is 0 Å². The number of hydrogen-bond donors (Lipinski definition) is 0. The van der Waals surface area contributed by atoms with Gasteiger partial charge in [-0.25, -0.2) is 15.0 Å². The number of para-hydroxylation sites is 6. The second kappa shape index (κ2) is 12.2. The molecule has 52 heavy (non-hydrogen) atoms. The summed E-state index contributed by atoms with van der Waals surface area (Å²) >= 11 is 0. The number of rotatable bonds is 6. The zero-order valence-electron chi connectivity index (χ0n) is 30.0. The third-order valence-electron chi connectivity index (χ3n) is 10.3. The number of hydrogen-bond acceptors (Lipinski definition) is 6. The number of oxazole rings is 3. The van der Waals surface area contributed by atoms with E-state index in [1.807, 2.05) is 72.8 Å². The molecule has 9 rings (SSSR count). The normalized spacial score (nSPS) is 11.7. The molecule has 7 heteroatoms. The van der Waals surface area contributed by atoms with E-state index in [2.05, 4.69) is 77.9 Å². The lowest BCUT2D eigenvalue weighted by molar-refractivity contribution is 0.619. The quantitative estimate of drug-likeness (QED) is 0.163. The van der Waals surface area contributed by atoms with Gasteiger partial charge in [-0.3, -0.25) is 0 Å². The maximum absolute atomic E-state index is 6.22. The first-order valence-electron chi connectivity index (χ1n) is 17.6. The minimum Gasteiger partial charge on any atom is -0.436 e. The maximum Gasteiger partial charge on any atom is 0.243 e. The van der Waals surface area contributed by atoms with Crippen LogP contribution in [0.4, 0.5) is 0 Å². The molecule has 0 aliphatic heterocycles. The van der Waals surface area contributed by atoms with Crippen LogP contribution < -0.4 is 16.4 Å². The van der Waals surface area contributed by atoms with Crippen LogP contribution in [0.1, 0.15) is 33.4 Å². The Bertz CT molecular complexity index is 2370. The van der Waals surface area contributed by atoms with E-state index in [0.717, 1.165) is 50.0 Å². The van der Waals surface area contributed by atoms with Gasteiger partial charge >= 0.3 is 0 Å². The zero-order valence-corrected chi connectivity index (χ0v) is 30.0. The number of fused-ring (bicyclic) bond motifs is 3. The molecule has 6 aromatic carbocycles. The highest BCUT2D eigenvalue weighted by Gasteiger charge is 2.32. The lowest BCUT2D eigenvalue weighted by Gasteiger charge is -2.27. The molecule has 9 aromatic rings. The molecule has 0 spiro atoms. The summed E-state index contributed by atoms with van der Waals surface area (Å²) in [6, 6.07) is 37.0. The van der Waals surface area contributed by atoms with Crippen molar-refractivity contribution in [2.45, 2.75) is 41.5 Å². The topological polar surface area (TPSA) is 78.1 Å². The van der Waals surface area contributed by atoms with Crippen LogP contribution in [0.5, 0.6) is 0 Å². The molecule has 3 aromatic heterocycles. The van der Waals surface area contributed by atoms with Crippen LogP contribution in [-0.4, -0.2) is 21.7 Å². The first-order chi connectivity index (χ1) is 25.2. The Morgan fingerprint density at radius 3 is 0.865 bits per heavy atom. The summed E-state index contributed by atoms with van der Waals surface area (Å²) in [6.45, 7) is 13.2. The summed E-state index contributed by atoms with van der Waals surface area (Å²) < 4.78 is 18.7. The average molecular weight is 678 g/mol. The summed E-state index contributed by atoms with van der Waals surface area (Å²) in [7, 11) is 0. The van der Waals surface area contributed by atoms with Gasteiger partial charge in [0, 0.05) is 16.7 Å². The monoisotopic (exact) mass is 677 g/mol. The standard InChI is InChI=1S/C45H36BN3O3/c1-25-19-31(43-47-34-13-7-10-16-37(34)50-43)20-26(2)40(25)46(41-27(3)21-32(22-28(41)4)44-48-35-14-8-11-17-38(35)51-44)42-29(5)23-33(24-30(42)6)45-49-36-15-9-12-18-39(36)52-45/h7-24H,1-6H3. The summed E-state index contributed by atoms with van der Waals surface area (Å²) in [6.07, 6.45) is 0. The maximum atomic E-state index is 6.22. The molecule has 0 aliphatic carbocycles. The Morgan fingerprint density at radius 1 is 0.365 bits per heavy atom. The summed E-state index contributed by atoms with van der Waals surface area (Å²) in [5, 5.41) is 0. The van der Waals surface area contributed by atoms with Crippen molar-refractivity contribution >= 4 is 56.4 Å². The van der Waals surface area contributed by atoms with Gasteiger partial charge in [0.2, 0.25) is 24.4 Å². The molecule has 0 radical (unpaired) electrons.